The van der Waals surface area contributed by atoms with Gasteiger partial charge >= 0.3 is 6.09 Å². The SMILES string of the molecule is CCOC(=O)NCCc1cc2c(c3c1C=Cc1ccc(OC)c(OC)c1C3)OCO2. The van der Waals surface area contributed by atoms with Gasteiger partial charge in [-0.15, -0.1) is 0 Å². The number of alkyl carbamates (subject to hydrolysis) is 1. The highest BCUT2D eigenvalue weighted by Gasteiger charge is 2.27. The summed E-state index contributed by atoms with van der Waals surface area (Å²) in [5.41, 5.74) is 5.28. The summed E-state index contributed by atoms with van der Waals surface area (Å²) >= 11 is 0. The van der Waals surface area contributed by atoms with Crippen LogP contribution in [0.25, 0.3) is 12.2 Å². The molecule has 4 rings (SSSR count). The highest BCUT2D eigenvalue weighted by molar-refractivity contribution is 5.81. The predicted molar refractivity (Wildman–Crippen MR) is 113 cm³/mol. The van der Waals surface area contributed by atoms with Crippen LogP contribution in [0, 0.1) is 0 Å². The molecule has 0 spiro atoms. The average molecular weight is 411 g/mol. The molecular formula is C23H25NO6. The van der Waals surface area contributed by atoms with Gasteiger partial charge in [0.1, 0.15) is 0 Å². The van der Waals surface area contributed by atoms with Gasteiger partial charge in [0.15, 0.2) is 23.0 Å². The highest BCUT2D eigenvalue weighted by atomic mass is 16.7. The zero-order valence-corrected chi connectivity index (χ0v) is 17.4. The van der Waals surface area contributed by atoms with Crippen LogP contribution in [0.3, 0.4) is 0 Å². The van der Waals surface area contributed by atoms with Crippen molar-refractivity contribution >= 4 is 18.2 Å². The minimum absolute atomic E-state index is 0.193. The second-order valence-corrected chi connectivity index (χ2v) is 6.94. The second-order valence-electron chi connectivity index (χ2n) is 6.94. The second kappa shape index (κ2) is 8.57. The lowest BCUT2D eigenvalue weighted by molar-refractivity contribution is 0.152. The molecule has 2 aromatic carbocycles. The highest BCUT2D eigenvalue weighted by Crippen LogP contribution is 2.45. The van der Waals surface area contributed by atoms with Crippen molar-refractivity contribution in [1.29, 1.82) is 0 Å². The number of benzene rings is 2. The van der Waals surface area contributed by atoms with Crippen molar-refractivity contribution in [2.75, 3.05) is 34.2 Å². The van der Waals surface area contributed by atoms with Crippen molar-refractivity contribution in [3.63, 3.8) is 0 Å². The summed E-state index contributed by atoms with van der Waals surface area (Å²) in [5, 5.41) is 2.78. The van der Waals surface area contributed by atoms with Gasteiger partial charge in [-0.3, -0.25) is 0 Å². The molecule has 0 unspecified atom stereocenters. The van der Waals surface area contributed by atoms with Crippen LogP contribution in [-0.4, -0.2) is 40.3 Å². The molecule has 30 heavy (non-hydrogen) atoms. The van der Waals surface area contributed by atoms with Crippen LogP contribution in [-0.2, 0) is 17.6 Å². The molecule has 0 saturated carbocycles. The molecule has 0 fully saturated rings. The number of carbonyl (C=O) groups excluding carboxylic acids is 1. The quantitative estimate of drug-likeness (QED) is 0.665. The van der Waals surface area contributed by atoms with E-state index in [0.29, 0.717) is 31.7 Å². The third kappa shape index (κ3) is 3.63. The molecule has 1 aliphatic carbocycles. The lowest BCUT2D eigenvalue weighted by Gasteiger charge is -2.17. The standard InChI is InChI=1S/C23H25NO6/c1-4-28-23(25)24-10-9-15-11-20-22(30-13-29-20)18-12-17-14(5-7-16(15)18)6-8-19(26-2)21(17)27-3/h5-8,11H,4,9-10,12-13H2,1-3H3,(H,24,25). The minimum Gasteiger partial charge on any atom is -0.493 e. The van der Waals surface area contributed by atoms with E-state index in [1.165, 1.54) is 0 Å². The van der Waals surface area contributed by atoms with Crippen molar-refractivity contribution in [3.8, 4) is 23.0 Å². The number of ether oxygens (including phenoxy) is 5. The van der Waals surface area contributed by atoms with E-state index in [1.807, 2.05) is 18.2 Å². The fourth-order valence-corrected chi connectivity index (χ4v) is 3.95. The van der Waals surface area contributed by atoms with E-state index < -0.39 is 6.09 Å². The van der Waals surface area contributed by atoms with Crippen molar-refractivity contribution in [2.45, 2.75) is 19.8 Å². The first-order valence-electron chi connectivity index (χ1n) is 9.93. The van der Waals surface area contributed by atoms with Crippen molar-refractivity contribution < 1.29 is 28.5 Å². The maximum absolute atomic E-state index is 11.6. The van der Waals surface area contributed by atoms with Crippen molar-refractivity contribution in [3.05, 3.63) is 46.0 Å². The molecule has 1 aliphatic heterocycles. The van der Waals surface area contributed by atoms with Crippen LogP contribution in [0.1, 0.15) is 34.7 Å². The Bertz CT molecular complexity index is 998. The lowest BCUT2D eigenvalue weighted by atomic mass is 9.93. The Labute approximate surface area is 175 Å². The van der Waals surface area contributed by atoms with Crippen molar-refractivity contribution in [2.24, 2.45) is 0 Å². The third-order valence-corrected chi connectivity index (χ3v) is 5.30. The van der Waals surface area contributed by atoms with Gasteiger partial charge in [-0.25, -0.2) is 4.79 Å². The number of hydrogen-bond donors (Lipinski definition) is 1. The van der Waals surface area contributed by atoms with Crippen LogP contribution < -0.4 is 24.3 Å². The number of rotatable bonds is 6. The van der Waals surface area contributed by atoms with E-state index in [1.54, 1.807) is 21.1 Å². The fourth-order valence-electron chi connectivity index (χ4n) is 3.95. The van der Waals surface area contributed by atoms with E-state index in [0.717, 1.165) is 45.1 Å². The number of methoxy groups -OCH3 is 2. The number of carbonyl (C=O) groups is 1. The van der Waals surface area contributed by atoms with Gasteiger partial charge in [0.2, 0.25) is 6.79 Å². The number of hydrogen-bond acceptors (Lipinski definition) is 6. The Morgan fingerprint density at radius 2 is 2.00 bits per heavy atom. The normalized spacial score (nSPS) is 13.2. The first-order valence-corrected chi connectivity index (χ1v) is 9.93. The molecule has 1 heterocycles. The molecule has 1 N–H and O–H groups in total. The molecule has 7 heteroatoms. The van der Waals surface area contributed by atoms with Crippen molar-refractivity contribution in [1.82, 2.24) is 5.32 Å². The van der Waals surface area contributed by atoms with Crippen LogP contribution >= 0.6 is 0 Å². The van der Waals surface area contributed by atoms with Gasteiger partial charge < -0.3 is 29.0 Å². The minimum atomic E-state index is -0.413. The Morgan fingerprint density at radius 3 is 2.77 bits per heavy atom. The molecule has 0 saturated heterocycles. The molecule has 0 radical (unpaired) electrons. The summed E-state index contributed by atoms with van der Waals surface area (Å²) in [6.45, 7) is 2.78. The van der Waals surface area contributed by atoms with Crippen LogP contribution in [0.2, 0.25) is 0 Å². The number of nitrogens with one attached hydrogen (secondary N) is 1. The topological polar surface area (TPSA) is 75.3 Å². The molecule has 1 amide bonds. The van der Waals surface area contributed by atoms with E-state index >= 15 is 0 Å². The molecule has 7 nitrogen and oxygen atoms in total. The smallest absolute Gasteiger partial charge is 0.407 e. The van der Waals surface area contributed by atoms with Gasteiger partial charge in [-0.2, -0.15) is 0 Å². The number of amides is 1. The Hall–Kier alpha value is -3.35. The molecule has 2 aliphatic rings. The van der Waals surface area contributed by atoms with Gasteiger partial charge in [0.25, 0.3) is 0 Å². The summed E-state index contributed by atoms with van der Waals surface area (Å²) in [6, 6.07) is 5.93. The van der Waals surface area contributed by atoms with Crippen LogP contribution in [0.5, 0.6) is 23.0 Å². The Balaban J connectivity index is 1.73. The summed E-state index contributed by atoms with van der Waals surface area (Å²) in [5.74, 6) is 2.89. The summed E-state index contributed by atoms with van der Waals surface area (Å²) in [7, 11) is 3.28. The molecule has 2 aromatic rings. The van der Waals surface area contributed by atoms with Gasteiger partial charge in [0.05, 0.1) is 20.8 Å². The summed E-state index contributed by atoms with van der Waals surface area (Å²) in [6.07, 6.45) is 5.01. The van der Waals surface area contributed by atoms with E-state index in [9.17, 15) is 4.79 Å². The first-order chi connectivity index (χ1) is 14.7. The Kier molecular flexibility index (Phi) is 5.70. The van der Waals surface area contributed by atoms with E-state index in [-0.39, 0.29) is 6.79 Å². The Morgan fingerprint density at radius 1 is 1.13 bits per heavy atom. The molecule has 158 valence electrons. The predicted octanol–water partition coefficient (Wildman–Crippen LogP) is 3.80. The monoisotopic (exact) mass is 411 g/mol. The maximum Gasteiger partial charge on any atom is 0.407 e. The summed E-state index contributed by atoms with van der Waals surface area (Å²) in [4.78, 5) is 11.6. The third-order valence-electron chi connectivity index (χ3n) is 5.30. The lowest BCUT2D eigenvalue weighted by Crippen LogP contribution is -2.26. The first kappa shape index (κ1) is 19.9. The van der Waals surface area contributed by atoms with E-state index in [4.69, 9.17) is 23.7 Å². The zero-order valence-electron chi connectivity index (χ0n) is 17.4. The van der Waals surface area contributed by atoms with E-state index in [2.05, 4.69) is 17.5 Å². The zero-order chi connectivity index (χ0) is 21.1. The molecule has 0 aromatic heterocycles. The largest absolute Gasteiger partial charge is 0.493 e. The number of fused-ring (bicyclic) bond motifs is 4. The fraction of sp³-hybridized carbons (Fsp3) is 0.348. The molecule has 0 atom stereocenters. The van der Waals surface area contributed by atoms with Gasteiger partial charge in [0, 0.05) is 24.1 Å². The van der Waals surface area contributed by atoms with Crippen LogP contribution in [0.4, 0.5) is 4.79 Å². The summed E-state index contributed by atoms with van der Waals surface area (Å²) < 4.78 is 27.6. The molecule has 0 bridgehead atoms. The average Bonchev–Trinajstić information content (AvgIpc) is 3.13. The van der Waals surface area contributed by atoms with Crippen LogP contribution in [0.15, 0.2) is 18.2 Å². The molecular weight excluding hydrogens is 386 g/mol. The van der Waals surface area contributed by atoms with Gasteiger partial charge in [-0.1, -0.05) is 18.2 Å². The van der Waals surface area contributed by atoms with Gasteiger partial charge in [-0.05, 0) is 42.2 Å². The maximum atomic E-state index is 11.6.